The van der Waals surface area contributed by atoms with Gasteiger partial charge in [-0.1, -0.05) is 12.1 Å². The first kappa shape index (κ1) is 13.3. The van der Waals surface area contributed by atoms with Crippen LogP contribution in [0.5, 0.6) is 0 Å². The lowest BCUT2D eigenvalue weighted by atomic mass is 10.1. The van der Waals surface area contributed by atoms with E-state index in [0.29, 0.717) is 12.1 Å². The van der Waals surface area contributed by atoms with Gasteiger partial charge < -0.3 is 10.4 Å². The van der Waals surface area contributed by atoms with Gasteiger partial charge in [0.15, 0.2) is 0 Å². The van der Waals surface area contributed by atoms with E-state index in [9.17, 15) is 4.79 Å². The molecule has 0 radical (unpaired) electrons. The summed E-state index contributed by atoms with van der Waals surface area (Å²) in [6, 6.07) is 6.89. The Hall–Kier alpha value is -2.14. The predicted octanol–water partition coefficient (Wildman–Crippen LogP) is 1.72. The zero-order valence-corrected chi connectivity index (χ0v) is 11.1. The minimum Gasteiger partial charge on any atom is -0.478 e. The largest absolute Gasteiger partial charge is 0.478 e. The minimum atomic E-state index is -0.898. The third-order valence-corrected chi connectivity index (χ3v) is 2.96. The summed E-state index contributed by atoms with van der Waals surface area (Å²) in [4.78, 5) is 10.7. The molecule has 0 atom stereocenters. The second-order valence-electron chi connectivity index (χ2n) is 4.52. The van der Waals surface area contributed by atoms with Crippen LogP contribution in [-0.2, 0) is 20.1 Å². The van der Waals surface area contributed by atoms with Gasteiger partial charge in [0.2, 0.25) is 0 Å². The first-order valence-corrected chi connectivity index (χ1v) is 6.08. The monoisotopic (exact) mass is 259 g/mol. The molecule has 0 aliphatic carbocycles. The van der Waals surface area contributed by atoms with Crippen molar-refractivity contribution in [3.8, 4) is 0 Å². The Morgan fingerprint density at radius 2 is 2.00 bits per heavy atom. The molecule has 0 fully saturated rings. The third-order valence-electron chi connectivity index (χ3n) is 2.96. The molecule has 1 aromatic carbocycles. The molecule has 0 aliphatic rings. The number of aromatic carboxylic acids is 1. The van der Waals surface area contributed by atoms with E-state index in [1.165, 1.54) is 5.56 Å². The molecule has 100 valence electrons. The Bertz CT molecular complexity index is 573. The van der Waals surface area contributed by atoms with Crippen LogP contribution in [0, 0.1) is 6.92 Å². The number of carboxylic acid groups (broad SMARTS) is 1. The van der Waals surface area contributed by atoms with Crippen molar-refractivity contribution in [2.75, 3.05) is 0 Å². The number of hydrogen-bond acceptors (Lipinski definition) is 3. The van der Waals surface area contributed by atoms with Crippen LogP contribution in [0.15, 0.2) is 30.5 Å². The van der Waals surface area contributed by atoms with Crippen molar-refractivity contribution in [2.24, 2.45) is 7.05 Å². The number of nitrogens with zero attached hydrogens (tertiary/aromatic N) is 2. The molecule has 1 aromatic heterocycles. The molecule has 0 unspecified atom stereocenters. The van der Waals surface area contributed by atoms with Crippen LogP contribution in [-0.4, -0.2) is 20.9 Å². The summed E-state index contributed by atoms with van der Waals surface area (Å²) in [7, 11) is 1.90. The van der Waals surface area contributed by atoms with E-state index >= 15 is 0 Å². The maximum absolute atomic E-state index is 10.7. The molecule has 0 bridgehead atoms. The maximum atomic E-state index is 10.7. The van der Waals surface area contributed by atoms with Crippen LogP contribution in [0.3, 0.4) is 0 Å². The lowest BCUT2D eigenvalue weighted by Gasteiger charge is -2.04. The van der Waals surface area contributed by atoms with Gasteiger partial charge in [-0.2, -0.15) is 5.10 Å². The molecule has 0 saturated carbocycles. The Labute approximate surface area is 111 Å². The van der Waals surface area contributed by atoms with Gasteiger partial charge in [-0.25, -0.2) is 4.79 Å². The number of hydrogen-bond donors (Lipinski definition) is 2. The van der Waals surface area contributed by atoms with E-state index in [2.05, 4.69) is 10.4 Å². The number of benzene rings is 1. The number of carbonyl (C=O) groups is 1. The first-order valence-electron chi connectivity index (χ1n) is 6.08. The lowest BCUT2D eigenvalue weighted by Crippen LogP contribution is -2.13. The molecule has 2 rings (SSSR count). The van der Waals surface area contributed by atoms with E-state index in [4.69, 9.17) is 5.11 Å². The van der Waals surface area contributed by atoms with Gasteiger partial charge in [0.25, 0.3) is 0 Å². The minimum absolute atomic E-state index is 0.312. The normalized spacial score (nSPS) is 10.6. The number of aromatic nitrogens is 2. The first-order chi connectivity index (χ1) is 9.06. The zero-order valence-electron chi connectivity index (χ0n) is 11.1. The second-order valence-corrected chi connectivity index (χ2v) is 4.52. The van der Waals surface area contributed by atoms with Crippen molar-refractivity contribution in [1.29, 1.82) is 0 Å². The van der Waals surface area contributed by atoms with Crippen LogP contribution in [0.2, 0.25) is 0 Å². The highest BCUT2D eigenvalue weighted by molar-refractivity contribution is 5.87. The van der Waals surface area contributed by atoms with Crippen molar-refractivity contribution in [2.45, 2.75) is 20.0 Å². The average Bonchev–Trinajstić information content (AvgIpc) is 2.68. The molecule has 19 heavy (non-hydrogen) atoms. The van der Waals surface area contributed by atoms with Gasteiger partial charge in [-0.05, 0) is 24.6 Å². The quantitative estimate of drug-likeness (QED) is 0.858. The van der Waals surface area contributed by atoms with Crippen LogP contribution >= 0.6 is 0 Å². The Morgan fingerprint density at radius 1 is 1.32 bits per heavy atom. The SMILES string of the molecule is Cc1nn(C)cc1CNCc1ccc(C(=O)O)cc1. The molecule has 0 spiro atoms. The standard InChI is InChI=1S/C14H17N3O2/c1-10-13(9-17(2)16-10)8-15-7-11-3-5-12(6-4-11)14(18)19/h3-6,9,15H,7-8H2,1-2H3,(H,18,19). The van der Waals surface area contributed by atoms with Crippen molar-refractivity contribution in [3.05, 3.63) is 52.8 Å². The summed E-state index contributed by atoms with van der Waals surface area (Å²) in [5.74, 6) is -0.898. The molecule has 2 aromatic rings. The van der Waals surface area contributed by atoms with Crippen molar-refractivity contribution in [3.63, 3.8) is 0 Å². The Balaban J connectivity index is 1.89. The fourth-order valence-electron chi connectivity index (χ4n) is 1.93. The van der Waals surface area contributed by atoms with Gasteiger partial charge in [0, 0.05) is 31.9 Å². The average molecular weight is 259 g/mol. The Morgan fingerprint density at radius 3 is 2.53 bits per heavy atom. The highest BCUT2D eigenvalue weighted by Crippen LogP contribution is 2.06. The van der Waals surface area contributed by atoms with Crippen LogP contribution in [0.1, 0.15) is 27.2 Å². The van der Waals surface area contributed by atoms with Crippen LogP contribution in [0.25, 0.3) is 0 Å². The summed E-state index contributed by atoms with van der Waals surface area (Å²) in [6.45, 7) is 3.44. The molecule has 0 saturated heterocycles. The number of carboxylic acids is 1. The molecule has 2 N–H and O–H groups in total. The molecule has 1 heterocycles. The molecule has 5 nitrogen and oxygen atoms in total. The van der Waals surface area contributed by atoms with Crippen molar-refractivity contribution in [1.82, 2.24) is 15.1 Å². The highest BCUT2D eigenvalue weighted by atomic mass is 16.4. The fraction of sp³-hybridized carbons (Fsp3) is 0.286. The van der Waals surface area contributed by atoms with E-state index in [-0.39, 0.29) is 0 Å². The van der Waals surface area contributed by atoms with E-state index < -0.39 is 5.97 Å². The smallest absolute Gasteiger partial charge is 0.335 e. The van der Waals surface area contributed by atoms with Gasteiger partial charge in [-0.15, -0.1) is 0 Å². The summed E-state index contributed by atoms with van der Waals surface area (Å²) >= 11 is 0. The zero-order chi connectivity index (χ0) is 13.8. The highest BCUT2D eigenvalue weighted by Gasteiger charge is 2.03. The molecule has 5 heteroatoms. The maximum Gasteiger partial charge on any atom is 0.335 e. The fourth-order valence-corrected chi connectivity index (χ4v) is 1.93. The topological polar surface area (TPSA) is 67.2 Å². The predicted molar refractivity (Wildman–Crippen MR) is 71.9 cm³/mol. The van der Waals surface area contributed by atoms with Crippen LogP contribution in [0.4, 0.5) is 0 Å². The van der Waals surface area contributed by atoms with Crippen LogP contribution < -0.4 is 5.32 Å². The van der Waals surface area contributed by atoms with E-state index in [1.54, 1.807) is 16.8 Å². The molecular weight excluding hydrogens is 242 g/mol. The van der Waals surface area contributed by atoms with Crippen molar-refractivity contribution >= 4 is 5.97 Å². The molecular formula is C14H17N3O2. The summed E-state index contributed by atoms with van der Waals surface area (Å²) in [5, 5.41) is 16.4. The molecule has 0 amide bonds. The summed E-state index contributed by atoms with van der Waals surface area (Å²) in [6.07, 6.45) is 2.00. The molecule has 0 aliphatic heterocycles. The summed E-state index contributed by atoms with van der Waals surface area (Å²) in [5.41, 5.74) is 3.57. The second kappa shape index (κ2) is 5.67. The van der Waals surface area contributed by atoms with Gasteiger partial charge in [-0.3, -0.25) is 4.68 Å². The van der Waals surface area contributed by atoms with Gasteiger partial charge in [0.1, 0.15) is 0 Å². The summed E-state index contributed by atoms with van der Waals surface area (Å²) < 4.78 is 1.80. The number of nitrogens with one attached hydrogen (secondary N) is 1. The number of aryl methyl sites for hydroxylation is 2. The van der Waals surface area contributed by atoms with E-state index in [0.717, 1.165) is 17.8 Å². The van der Waals surface area contributed by atoms with Crippen molar-refractivity contribution < 1.29 is 9.90 Å². The van der Waals surface area contributed by atoms with Gasteiger partial charge in [0.05, 0.1) is 11.3 Å². The Kier molecular flexibility index (Phi) is 3.97. The van der Waals surface area contributed by atoms with E-state index in [1.807, 2.05) is 32.3 Å². The third kappa shape index (κ3) is 3.42. The number of rotatable bonds is 5. The lowest BCUT2D eigenvalue weighted by molar-refractivity contribution is 0.0697. The van der Waals surface area contributed by atoms with Gasteiger partial charge >= 0.3 is 5.97 Å².